The van der Waals surface area contributed by atoms with Gasteiger partial charge in [-0.1, -0.05) is 38.1 Å². The highest BCUT2D eigenvalue weighted by atomic mass is 32.2. The van der Waals surface area contributed by atoms with Gasteiger partial charge in [-0.05, 0) is 24.3 Å². The Balaban J connectivity index is 2.07. The number of hydrogen-bond acceptors (Lipinski definition) is 3. The summed E-state index contributed by atoms with van der Waals surface area (Å²) in [5, 5.41) is 4.53. The zero-order chi connectivity index (χ0) is 19.3. The van der Waals surface area contributed by atoms with Gasteiger partial charge in [0.25, 0.3) is 5.91 Å². The number of amides is 1. The fraction of sp³-hybridized carbons (Fsp3) is 0.316. The highest BCUT2D eigenvalue weighted by Gasteiger charge is 2.21. The zero-order valence-corrected chi connectivity index (χ0v) is 15.9. The van der Waals surface area contributed by atoms with Crippen molar-refractivity contribution in [2.45, 2.75) is 24.8 Å². The van der Waals surface area contributed by atoms with Crippen molar-refractivity contribution >= 4 is 21.4 Å². The lowest BCUT2D eigenvalue weighted by Crippen LogP contribution is -2.88. The minimum atomic E-state index is -3.43. The van der Waals surface area contributed by atoms with Gasteiger partial charge in [0.15, 0.2) is 16.4 Å². The van der Waals surface area contributed by atoms with Crippen LogP contribution in [0.5, 0.6) is 0 Å². The number of sulfone groups is 1. The van der Waals surface area contributed by atoms with Crippen molar-refractivity contribution in [3.63, 3.8) is 0 Å². The molecule has 3 N–H and O–H groups in total. The minimum Gasteiger partial charge on any atom is -0.332 e. The van der Waals surface area contributed by atoms with Gasteiger partial charge in [-0.2, -0.15) is 0 Å². The lowest BCUT2D eigenvalue weighted by molar-refractivity contribution is -0.692. The summed E-state index contributed by atoms with van der Waals surface area (Å²) in [6.07, 6.45) is 1.10. The minimum absolute atomic E-state index is 0.00787. The van der Waals surface area contributed by atoms with E-state index in [0.717, 1.165) is 11.8 Å². The highest BCUT2D eigenvalue weighted by molar-refractivity contribution is 7.90. The molecule has 140 valence electrons. The van der Waals surface area contributed by atoms with Crippen molar-refractivity contribution in [1.29, 1.82) is 0 Å². The van der Waals surface area contributed by atoms with Crippen molar-refractivity contribution in [3.05, 3.63) is 59.9 Å². The molecule has 0 saturated carbocycles. The average molecular weight is 379 g/mol. The van der Waals surface area contributed by atoms with E-state index in [1.165, 1.54) is 18.2 Å². The Morgan fingerprint density at radius 3 is 2.31 bits per heavy atom. The summed E-state index contributed by atoms with van der Waals surface area (Å²) >= 11 is 0. The number of anilines is 1. The third-order valence-corrected chi connectivity index (χ3v) is 5.25. The monoisotopic (exact) mass is 379 g/mol. The van der Waals surface area contributed by atoms with Gasteiger partial charge in [0.2, 0.25) is 0 Å². The van der Waals surface area contributed by atoms with Crippen LogP contribution >= 0.6 is 0 Å². The first-order valence-electron chi connectivity index (χ1n) is 8.36. The molecular weight excluding hydrogens is 355 g/mol. The van der Waals surface area contributed by atoms with Crippen molar-refractivity contribution in [3.8, 4) is 0 Å². The van der Waals surface area contributed by atoms with E-state index < -0.39 is 9.84 Å². The van der Waals surface area contributed by atoms with Crippen molar-refractivity contribution in [2.24, 2.45) is 5.92 Å². The third-order valence-electron chi connectivity index (χ3n) is 4.09. The molecular formula is C19H24FN2O3S+. The van der Waals surface area contributed by atoms with Gasteiger partial charge in [0.05, 0.1) is 10.6 Å². The van der Waals surface area contributed by atoms with E-state index in [1.54, 1.807) is 30.3 Å². The number of hydrogen-bond donors (Lipinski definition) is 2. The van der Waals surface area contributed by atoms with Crippen molar-refractivity contribution in [2.75, 3.05) is 18.1 Å². The number of quaternary nitrogens is 1. The summed E-state index contributed by atoms with van der Waals surface area (Å²) in [6.45, 7) is 4.18. The number of carbonyl (C=O) groups is 1. The van der Waals surface area contributed by atoms with Gasteiger partial charge in [-0.3, -0.25) is 4.79 Å². The van der Waals surface area contributed by atoms with Gasteiger partial charge in [-0.15, -0.1) is 0 Å². The number of carbonyl (C=O) groups excluding carboxylic acids is 1. The molecule has 0 aliphatic carbocycles. The molecule has 0 aliphatic heterocycles. The number of nitrogens with two attached hydrogens (primary N) is 1. The molecule has 0 aliphatic rings. The van der Waals surface area contributed by atoms with Crippen LogP contribution in [-0.2, 0) is 14.6 Å². The Morgan fingerprint density at radius 1 is 1.12 bits per heavy atom. The van der Waals surface area contributed by atoms with Crippen molar-refractivity contribution < 1.29 is 22.9 Å². The Hall–Kier alpha value is -2.25. The van der Waals surface area contributed by atoms with Crippen LogP contribution < -0.4 is 10.6 Å². The molecule has 0 spiro atoms. The predicted octanol–water partition coefficient (Wildman–Crippen LogP) is 2.13. The molecule has 0 saturated heterocycles. The van der Waals surface area contributed by atoms with Gasteiger partial charge in [-0.25, -0.2) is 12.8 Å². The Bertz CT molecular complexity index is 865. The van der Waals surface area contributed by atoms with E-state index in [1.807, 2.05) is 19.2 Å². The number of nitrogens with one attached hydrogen (secondary N) is 1. The molecule has 1 atom stereocenters. The Labute approximate surface area is 153 Å². The molecule has 2 rings (SSSR count). The van der Waals surface area contributed by atoms with E-state index in [-0.39, 0.29) is 40.8 Å². The van der Waals surface area contributed by atoms with Crippen LogP contribution in [-0.4, -0.2) is 27.1 Å². The lowest BCUT2D eigenvalue weighted by atomic mass is 9.96. The molecule has 0 fully saturated rings. The molecule has 2 aromatic carbocycles. The first-order valence-corrected chi connectivity index (χ1v) is 10.3. The molecule has 2 aromatic rings. The average Bonchev–Trinajstić information content (AvgIpc) is 2.56. The molecule has 0 heterocycles. The lowest BCUT2D eigenvalue weighted by Gasteiger charge is -2.19. The molecule has 5 nitrogen and oxygen atoms in total. The largest absolute Gasteiger partial charge is 0.332 e. The first kappa shape index (κ1) is 20.1. The fourth-order valence-electron chi connectivity index (χ4n) is 2.81. The van der Waals surface area contributed by atoms with Crippen LogP contribution in [0.1, 0.15) is 25.5 Å². The Morgan fingerprint density at radius 2 is 1.73 bits per heavy atom. The number of benzene rings is 2. The van der Waals surface area contributed by atoms with Gasteiger partial charge < -0.3 is 10.6 Å². The maximum atomic E-state index is 13.1. The van der Waals surface area contributed by atoms with E-state index in [9.17, 15) is 17.6 Å². The van der Waals surface area contributed by atoms with Crippen LogP contribution in [0.25, 0.3) is 0 Å². The second kappa shape index (κ2) is 8.42. The summed E-state index contributed by atoms with van der Waals surface area (Å²) in [7, 11) is -3.43. The second-order valence-corrected chi connectivity index (χ2v) is 8.56. The second-order valence-electron chi connectivity index (χ2n) is 6.58. The van der Waals surface area contributed by atoms with Crippen LogP contribution in [0.2, 0.25) is 0 Å². The smallest absolute Gasteiger partial charge is 0.279 e. The number of halogens is 1. The topological polar surface area (TPSA) is 79.8 Å². The van der Waals surface area contributed by atoms with Crippen molar-refractivity contribution in [1.82, 2.24) is 0 Å². The maximum absolute atomic E-state index is 13.1. The molecule has 7 heteroatoms. The molecule has 0 radical (unpaired) electrons. The number of rotatable bonds is 7. The summed E-state index contributed by atoms with van der Waals surface area (Å²) in [5.74, 6) is -0.364. The van der Waals surface area contributed by atoms with Gasteiger partial charge >= 0.3 is 0 Å². The van der Waals surface area contributed by atoms with Crippen LogP contribution in [0.4, 0.5) is 10.1 Å². The quantitative estimate of drug-likeness (QED) is 0.773. The van der Waals surface area contributed by atoms with Gasteiger partial charge in [0, 0.05) is 17.7 Å². The summed E-state index contributed by atoms with van der Waals surface area (Å²) in [4.78, 5) is 12.4. The summed E-state index contributed by atoms with van der Waals surface area (Å²) < 4.78 is 36.7. The SMILES string of the molecule is CC(C)[C@H]([NH2+]CC(=O)Nc1ccccc1S(C)(=O)=O)c1ccc(F)cc1. The Kier molecular flexibility index (Phi) is 6.50. The van der Waals surface area contributed by atoms with Gasteiger partial charge in [0.1, 0.15) is 11.9 Å². The van der Waals surface area contributed by atoms with E-state index in [0.29, 0.717) is 0 Å². The highest BCUT2D eigenvalue weighted by Crippen LogP contribution is 2.20. The predicted molar refractivity (Wildman–Crippen MR) is 99.0 cm³/mol. The normalized spacial score (nSPS) is 12.8. The van der Waals surface area contributed by atoms with E-state index in [4.69, 9.17) is 0 Å². The van der Waals surface area contributed by atoms with E-state index >= 15 is 0 Å². The standard InChI is InChI=1S/C19H23FN2O3S/c1-13(2)19(14-8-10-15(20)11-9-14)21-12-18(23)22-16-6-4-5-7-17(16)26(3,24)25/h4-11,13,19,21H,12H2,1-3H3,(H,22,23)/p+1/t19-/m0/s1. The molecule has 0 unspecified atom stereocenters. The summed E-state index contributed by atoms with van der Waals surface area (Å²) in [5.41, 5.74) is 1.21. The maximum Gasteiger partial charge on any atom is 0.279 e. The molecule has 0 bridgehead atoms. The molecule has 0 aromatic heterocycles. The zero-order valence-electron chi connectivity index (χ0n) is 15.1. The van der Waals surface area contributed by atoms with Crippen LogP contribution in [0.15, 0.2) is 53.4 Å². The number of para-hydroxylation sites is 1. The first-order chi connectivity index (χ1) is 12.2. The summed E-state index contributed by atoms with van der Waals surface area (Å²) in [6, 6.07) is 12.5. The van der Waals surface area contributed by atoms with Crippen LogP contribution in [0, 0.1) is 11.7 Å². The molecule has 26 heavy (non-hydrogen) atoms. The molecule has 1 amide bonds. The van der Waals surface area contributed by atoms with Crippen LogP contribution in [0.3, 0.4) is 0 Å². The fourth-order valence-corrected chi connectivity index (χ4v) is 3.65. The third kappa shape index (κ3) is 5.37. The van der Waals surface area contributed by atoms with E-state index in [2.05, 4.69) is 5.32 Å².